The lowest BCUT2D eigenvalue weighted by Crippen LogP contribution is -2.11. The number of hydrogen-bond donors (Lipinski definition) is 1. The largest absolute Gasteiger partial charge is 0.497 e. The molecule has 1 N–H and O–H groups in total. The zero-order chi connectivity index (χ0) is 18.6. The molecule has 1 atom stereocenters. The molecule has 2 heterocycles. The fraction of sp³-hybridized carbons (Fsp3) is 0.286. The lowest BCUT2D eigenvalue weighted by atomic mass is 10.1. The number of ether oxygens (including phenoxy) is 3. The van der Waals surface area contributed by atoms with Crippen LogP contribution in [-0.2, 0) is 4.74 Å². The van der Waals surface area contributed by atoms with E-state index in [0.29, 0.717) is 12.5 Å². The van der Waals surface area contributed by atoms with Crippen molar-refractivity contribution >= 4 is 44.9 Å². The Balaban J connectivity index is 1.59. The van der Waals surface area contributed by atoms with Crippen LogP contribution >= 0.6 is 22.6 Å². The quantitative estimate of drug-likeness (QED) is 0.508. The second-order valence-electron chi connectivity index (χ2n) is 6.58. The van der Waals surface area contributed by atoms with Gasteiger partial charge in [-0.05, 0) is 53.3 Å². The molecule has 0 saturated carbocycles. The molecule has 0 bridgehead atoms. The van der Waals surface area contributed by atoms with E-state index in [1.165, 1.54) is 3.57 Å². The number of nitrogens with zero attached hydrogens (tertiary/aromatic N) is 1. The molecule has 1 unspecified atom stereocenters. The van der Waals surface area contributed by atoms with Crippen LogP contribution in [0.1, 0.15) is 6.42 Å². The number of methoxy groups -OCH3 is 1. The van der Waals surface area contributed by atoms with Gasteiger partial charge < -0.3 is 19.5 Å². The van der Waals surface area contributed by atoms with Gasteiger partial charge in [-0.15, -0.1) is 0 Å². The number of anilines is 2. The maximum Gasteiger partial charge on any atom is 0.125 e. The molecule has 1 saturated heterocycles. The van der Waals surface area contributed by atoms with E-state index in [2.05, 4.69) is 45.0 Å². The zero-order valence-electron chi connectivity index (χ0n) is 15.1. The first kappa shape index (κ1) is 18.3. The topological polar surface area (TPSA) is 52.6 Å². The highest BCUT2D eigenvalue weighted by Crippen LogP contribution is 2.31. The Labute approximate surface area is 172 Å². The first-order chi connectivity index (χ1) is 13.2. The standard InChI is InChI=1S/C21H21IN2O3/c1-25-17-9-16(10-18(11-17)27-13-14-5-7-26-12-14)24-21-4-6-23-20-3-2-15(22)8-19(20)21/h2-4,6,8-11,14H,5,7,12-13H2,1H3,(H,23,24). The zero-order valence-corrected chi connectivity index (χ0v) is 17.2. The number of fused-ring (bicyclic) bond motifs is 1. The first-order valence-electron chi connectivity index (χ1n) is 8.92. The van der Waals surface area contributed by atoms with Crippen LogP contribution in [0.2, 0.25) is 0 Å². The molecular formula is C21H21IN2O3. The van der Waals surface area contributed by atoms with E-state index in [0.717, 1.165) is 53.4 Å². The molecule has 5 nitrogen and oxygen atoms in total. The number of pyridine rings is 1. The van der Waals surface area contributed by atoms with Gasteiger partial charge in [0.25, 0.3) is 0 Å². The Bertz CT molecular complexity index is 942. The summed E-state index contributed by atoms with van der Waals surface area (Å²) in [4.78, 5) is 4.44. The third-order valence-electron chi connectivity index (χ3n) is 4.61. The van der Waals surface area contributed by atoms with Gasteiger partial charge in [0, 0.05) is 57.3 Å². The lowest BCUT2D eigenvalue weighted by molar-refractivity contribution is 0.167. The van der Waals surface area contributed by atoms with Gasteiger partial charge >= 0.3 is 0 Å². The minimum absolute atomic E-state index is 0.457. The van der Waals surface area contributed by atoms with Crippen molar-refractivity contribution in [2.24, 2.45) is 5.92 Å². The molecule has 1 fully saturated rings. The molecule has 1 aromatic heterocycles. The van der Waals surface area contributed by atoms with Crippen molar-refractivity contribution in [3.8, 4) is 11.5 Å². The molecule has 4 rings (SSSR count). The second-order valence-corrected chi connectivity index (χ2v) is 7.83. The van der Waals surface area contributed by atoms with Crippen molar-refractivity contribution in [2.45, 2.75) is 6.42 Å². The van der Waals surface area contributed by atoms with Crippen molar-refractivity contribution in [3.63, 3.8) is 0 Å². The van der Waals surface area contributed by atoms with Gasteiger partial charge in [0.05, 0.1) is 25.8 Å². The van der Waals surface area contributed by atoms with Crippen LogP contribution in [0, 0.1) is 9.49 Å². The summed E-state index contributed by atoms with van der Waals surface area (Å²) < 4.78 is 18.0. The molecule has 0 radical (unpaired) electrons. The van der Waals surface area contributed by atoms with Gasteiger partial charge in [-0.3, -0.25) is 4.98 Å². The molecule has 27 heavy (non-hydrogen) atoms. The summed E-state index contributed by atoms with van der Waals surface area (Å²) in [5.74, 6) is 2.00. The van der Waals surface area contributed by atoms with Crippen LogP contribution in [0.5, 0.6) is 11.5 Å². The van der Waals surface area contributed by atoms with Crippen LogP contribution in [-0.4, -0.2) is 31.9 Å². The highest BCUT2D eigenvalue weighted by atomic mass is 127. The average Bonchev–Trinajstić information content (AvgIpc) is 3.20. The van der Waals surface area contributed by atoms with Gasteiger partial charge in [-0.25, -0.2) is 0 Å². The van der Waals surface area contributed by atoms with Gasteiger partial charge in [0.1, 0.15) is 11.5 Å². The van der Waals surface area contributed by atoms with Crippen molar-refractivity contribution in [1.29, 1.82) is 0 Å². The highest BCUT2D eigenvalue weighted by Gasteiger charge is 2.16. The van der Waals surface area contributed by atoms with Gasteiger partial charge in [-0.2, -0.15) is 0 Å². The molecule has 1 aliphatic heterocycles. The number of hydrogen-bond acceptors (Lipinski definition) is 5. The Morgan fingerprint density at radius 2 is 2.07 bits per heavy atom. The predicted molar refractivity (Wildman–Crippen MR) is 115 cm³/mol. The molecule has 0 aliphatic carbocycles. The maximum absolute atomic E-state index is 6.00. The molecule has 140 valence electrons. The summed E-state index contributed by atoms with van der Waals surface area (Å²) in [6.45, 7) is 2.26. The minimum Gasteiger partial charge on any atom is -0.497 e. The van der Waals surface area contributed by atoms with Crippen molar-refractivity contribution < 1.29 is 14.2 Å². The molecule has 0 spiro atoms. The second kappa shape index (κ2) is 8.31. The van der Waals surface area contributed by atoms with Crippen LogP contribution in [0.4, 0.5) is 11.4 Å². The lowest BCUT2D eigenvalue weighted by Gasteiger charge is -2.15. The fourth-order valence-corrected chi connectivity index (χ4v) is 3.65. The van der Waals surface area contributed by atoms with Gasteiger partial charge in [0.2, 0.25) is 0 Å². The van der Waals surface area contributed by atoms with Crippen LogP contribution in [0.25, 0.3) is 10.9 Å². The number of halogens is 1. The fourth-order valence-electron chi connectivity index (χ4n) is 3.16. The number of nitrogens with one attached hydrogen (secondary N) is 1. The maximum atomic E-state index is 6.00. The van der Waals surface area contributed by atoms with E-state index < -0.39 is 0 Å². The summed E-state index contributed by atoms with van der Waals surface area (Å²) in [5, 5.41) is 4.57. The molecule has 6 heteroatoms. The first-order valence-corrected chi connectivity index (χ1v) is 10.00. The Kier molecular flexibility index (Phi) is 5.63. The summed E-state index contributed by atoms with van der Waals surface area (Å²) in [6.07, 6.45) is 2.87. The van der Waals surface area contributed by atoms with Crippen molar-refractivity contribution in [3.05, 3.63) is 52.2 Å². The van der Waals surface area contributed by atoms with E-state index >= 15 is 0 Å². The van der Waals surface area contributed by atoms with E-state index in [4.69, 9.17) is 14.2 Å². The summed E-state index contributed by atoms with van der Waals surface area (Å²) in [6, 6.07) is 14.1. The monoisotopic (exact) mass is 476 g/mol. The third-order valence-corrected chi connectivity index (χ3v) is 5.28. The third kappa shape index (κ3) is 4.44. The molecule has 3 aromatic rings. The number of rotatable bonds is 6. The molecule has 2 aromatic carbocycles. The van der Waals surface area contributed by atoms with E-state index in [1.54, 1.807) is 7.11 Å². The van der Waals surface area contributed by atoms with Gasteiger partial charge in [-0.1, -0.05) is 0 Å². The Hall–Kier alpha value is -2.06. The predicted octanol–water partition coefficient (Wildman–Crippen LogP) is 5.01. The van der Waals surface area contributed by atoms with Crippen LogP contribution in [0.15, 0.2) is 48.7 Å². The van der Waals surface area contributed by atoms with Crippen molar-refractivity contribution in [2.75, 3.05) is 32.2 Å². The molecular weight excluding hydrogens is 455 g/mol. The van der Waals surface area contributed by atoms with E-state index in [1.807, 2.05) is 36.5 Å². The molecule has 0 amide bonds. The van der Waals surface area contributed by atoms with Crippen LogP contribution in [0.3, 0.4) is 0 Å². The SMILES string of the molecule is COc1cc(Nc2ccnc3ccc(I)cc23)cc(OCC2CCOC2)c1. The summed E-state index contributed by atoms with van der Waals surface area (Å²) >= 11 is 2.32. The smallest absolute Gasteiger partial charge is 0.125 e. The van der Waals surface area contributed by atoms with E-state index in [9.17, 15) is 0 Å². The Morgan fingerprint density at radius 3 is 2.89 bits per heavy atom. The summed E-state index contributed by atoms with van der Waals surface area (Å²) in [5.41, 5.74) is 2.88. The molecule has 1 aliphatic rings. The normalized spacial score (nSPS) is 16.4. The number of benzene rings is 2. The number of aromatic nitrogens is 1. The summed E-state index contributed by atoms with van der Waals surface area (Å²) in [7, 11) is 1.66. The minimum atomic E-state index is 0.457. The van der Waals surface area contributed by atoms with Crippen molar-refractivity contribution in [1.82, 2.24) is 4.98 Å². The Morgan fingerprint density at radius 1 is 1.19 bits per heavy atom. The highest BCUT2D eigenvalue weighted by molar-refractivity contribution is 14.1. The van der Waals surface area contributed by atoms with Gasteiger partial charge in [0.15, 0.2) is 0 Å². The average molecular weight is 476 g/mol. The van der Waals surface area contributed by atoms with E-state index in [-0.39, 0.29) is 0 Å². The van der Waals surface area contributed by atoms with Crippen LogP contribution < -0.4 is 14.8 Å².